The summed E-state index contributed by atoms with van der Waals surface area (Å²) in [6, 6.07) is 8.54. The van der Waals surface area contributed by atoms with Gasteiger partial charge in [0.1, 0.15) is 5.75 Å². The second-order valence-electron chi connectivity index (χ2n) is 8.83. The van der Waals surface area contributed by atoms with Gasteiger partial charge in [0.15, 0.2) is 0 Å². The van der Waals surface area contributed by atoms with Crippen molar-refractivity contribution < 1.29 is 19.1 Å². The Kier molecular flexibility index (Phi) is 7.81. The van der Waals surface area contributed by atoms with Gasteiger partial charge in [-0.1, -0.05) is 12.1 Å². The first-order valence-corrected chi connectivity index (χ1v) is 11.8. The summed E-state index contributed by atoms with van der Waals surface area (Å²) in [6.07, 6.45) is 5.85. The van der Waals surface area contributed by atoms with Gasteiger partial charge < -0.3 is 19.3 Å². The number of amides is 2. The van der Waals surface area contributed by atoms with Crippen LogP contribution in [0.5, 0.6) is 5.75 Å². The number of fused-ring (bicyclic) bond motifs is 3. The summed E-state index contributed by atoms with van der Waals surface area (Å²) in [4.78, 5) is 32.3. The summed E-state index contributed by atoms with van der Waals surface area (Å²) in [6.45, 7) is 5.25. The van der Waals surface area contributed by atoms with Crippen LogP contribution >= 0.6 is 0 Å². The van der Waals surface area contributed by atoms with Crippen molar-refractivity contribution >= 4 is 11.8 Å². The molecule has 0 aliphatic carbocycles. The number of aryl methyl sites for hydroxylation is 1. The second kappa shape index (κ2) is 11.0. The standard InChI is InChI=1S/C24H35N3O4/c28-23(18-25-12-15-30-16-13-25)26-10-4-14-31-22-7-3-5-20(17-22)8-9-21-6-1-2-11-27(21)24(29)19-26/h3,5,7,17,21H,1-2,4,6,8-16,18-19H2. The molecule has 7 nitrogen and oxygen atoms in total. The van der Waals surface area contributed by atoms with Crippen LogP contribution in [0, 0.1) is 0 Å². The first-order valence-electron chi connectivity index (χ1n) is 11.8. The van der Waals surface area contributed by atoms with E-state index < -0.39 is 0 Å². The molecule has 2 amide bonds. The van der Waals surface area contributed by atoms with Crippen molar-refractivity contribution in [3.8, 4) is 5.75 Å². The predicted molar refractivity (Wildman–Crippen MR) is 118 cm³/mol. The molecule has 0 aromatic heterocycles. The van der Waals surface area contributed by atoms with Gasteiger partial charge in [0.2, 0.25) is 11.8 Å². The number of ether oxygens (including phenoxy) is 2. The Morgan fingerprint density at radius 1 is 1.00 bits per heavy atom. The van der Waals surface area contributed by atoms with E-state index in [9.17, 15) is 9.59 Å². The molecular formula is C24H35N3O4. The molecule has 1 aromatic carbocycles. The fourth-order valence-corrected chi connectivity index (χ4v) is 4.80. The monoisotopic (exact) mass is 429 g/mol. The minimum absolute atomic E-state index is 0.0258. The van der Waals surface area contributed by atoms with Gasteiger partial charge in [-0.25, -0.2) is 0 Å². The molecule has 3 heterocycles. The van der Waals surface area contributed by atoms with Crippen LogP contribution < -0.4 is 4.74 Å². The van der Waals surface area contributed by atoms with Crippen LogP contribution in [-0.2, 0) is 20.7 Å². The molecule has 31 heavy (non-hydrogen) atoms. The molecule has 1 unspecified atom stereocenters. The Morgan fingerprint density at radius 2 is 1.87 bits per heavy atom. The van der Waals surface area contributed by atoms with Crippen LogP contribution in [0.15, 0.2) is 24.3 Å². The maximum absolute atomic E-state index is 13.3. The molecule has 3 aliphatic heterocycles. The normalized spacial score (nSPS) is 24.1. The average Bonchev–Trinajstić information content (AvgIpc) is 2.80. The molecule has 0 saturated carbocycles. The number of carbonyl (C=O) groups excluding carboxylic acids is 2. The highest BCUT2D eigenvalue weighted by molar-refractivity contribution is 5.86. The molecule has 0 radical (unpaired) electrons. The largest absolute Gasteiger partial charge is 0.494 e. The van der Waals surface area contributed by atoms with Crippen LogP contribution in [0.4, 0.5) is 0 Å². The van der Waals surface area contributed by atoms with E-state index in [0.29, 0.717) is 39.3 Å². The van der Waals surface area contributed by atoms with Crippen LogP contribution in [0.25, 0.3) is 0 Å². The summed E-state index contributed by atoms with van der Waals surface area (Å²) in [5, 5.41) is 0. The summed E-state index contributed by atoms with van der Waals surface area (Å²) in [5.41, 5.74) is 1.26. The summed E-state index contributed by atoms with van der Waals surface area (Å²) >= 11 is 0. The SMILES string of the molecule is O=C(CN1CCOCC1)N1CCCOc2cccc(c2)CCC2CCCCN2C(=O)C1. The van der Waals surface area contributed by atoms with Gasteiger partial charge in [0.05, 0.1) is 32.9 Å². The van der Waals surface area contributed by atoms with Crippen LogP contribution in [0.3, 0.4) is 0 Å². The van der Waals surface area contributed by atoms with Gasteiger partial charge in [-0.2, -0.15) is 0 Å². The van der Waals surface area contributed by atoms with Gasteiger partial charge in [-0.15, -0.1) is 0 Å². The van der Waals surface area contributed by atoms with Crippen molar-refractivity contribution in [2.45, 2.75) is 44.6 Å². The van der Waals surface area contributed by atoms with Crippen LogP contribution in [0.2, 0.25) is 0 Å². The molecule has 7 heteroatoms. The summed E-state index contributed by atoms with van der Waals surface area (Å²) < 4.78 is 11.3. The predicted octanol–water partition coefficient (Wildman–Crippen LogP) is 1.94. The molecular weight excluding hydrogens is 394 g/mol. The molecule has 1 atom stereocenters. The van der Waals surface area contributed by atoms with Crippen LogP contribution in [-0.4, -0.2) is 91.6 Å². The van der Waals surface area contributed by atoms with Gasteiger partial charge in [-0.3, -0.25) is 14.5 Å². The minimum atomic E-state index is 0.0258. The fraction of sp³-hybridized carbons (Fsp3) is 0.667. The first-order chi connectivity index (χ1) is 15.2. The van der Waals surface area contributed by atoms with Crippen molar-refractivity contribution in [1.82, 2.24) is 14.7 Å². The smallest absolute Gasteiger partial charge is 0.242 e. The van der Waals surface area contributed by atoms with E-state index in [-0.39, 0.29) is 24.4 Å². The highest BCUT2D eigenvalue weighted by Crippen LogP contribution is 2.23. The number of carbonyl (C=O) groups is 2. The Labute approximate surface area is 185 Å². The number of rotatable bonds is 2. The molecule has 4 rings (SSSR count). The number of hydrogen-bond acceptors (Lipinski definition) is 5. The van der Waals surface area contributed by atoms with Gasteiger partial charge in [0, 0.05) is 32.2 Å². The topological polar surface area (TPSA) is 62.3 Å². The fourth-order valence-electron chi connectivity index (χ4n) is 4.80. The van der Waals surface area contributed by atoms with Crippen molar-refractivity contribution in [3.63, 3.8) is 0 Å². The molecule has 0 spiro atoms. The van der Waals surface area contributed by atoms with E-state index in [1.807, 2.05) is 17.0 Å². The van der Waals surface area contributed by atoms with E-state index in [1.54, 1.807) is 4.90 Å². The Hall–Kier alpha value is -2.12. The quantitative estimate of drug-likeness (QED) is 0.719. The maximum Gasteiger partial charge on any atom is 0.242 e. The number of nitrogens with zero attached hydrogens (tertiary/aromatic N) is 3. The Balaban J connectivity index is 1.48. The third-order valence-corrected chi connectivity index (χ3v) is 6.59. The molecule has 2 fully saturated rings. The van der Waals surface area contributed by atoms with Crippen LogP contribution in [0.1, 0.15) is 37.7 Å². The zero-order chi connectivity index (χ0) is 21.5. The third kappa shape index (κ3) is 6.20. The number of piperidine rings is 1. The zero-order valence-electron chi connectivity index (χ0n) is 18.5. The van der Waals surface area contributed by atoms with E-state index in [0.717, 1.165) is 57.5 Å². The lowest BCUT2D eigenvalue weighted by Gasteiger charge is -2.38. The zero-order valence-corrected chi connectivity index (χ0v) is 18.5. The number of benzene rings is 1. The highest BCUT2D eigenvalue weighted by atomic mass is 16.5. The first kappa shape index (κ1) is 22.1. The van der Waals surface area contributed by atoms with E-state index >= 15 is 0 Å². The molecule has 1 aromatic rings. The van der Waals surface area contributed by atoms with Crippen molar-refractivity contribution in [3.05, 3.63) is 29.8 Å². The Bertz CT molecular complexity index is 750. The molecule has 170 valence electrons. The van der Waals surface area contributed by atoms with E-state index in [1.165, 1.54) is 5.56 Å². The van der Waals surface area contributed by atoms with Gasteiger partial charge in [-0.05, 0) is 56.2 Å². The third-order valence-electron chi connectivity index (χ3n) is 6.59. The van der Waals surface area contributed by atoms with E-state index in [4.69, 9.17) is 9.47 Å². The molecule has 0 N–H and O–H groups in total. The highest BCUT2D eigenvalue weighted by Gasteiger charge is 2.29. The van der Waals surface area contributed by atoms with Crippen molar-refractivity contribution in [2.75, 3.05) is 59.1 Å². The van der Waals surface area contributed by atoms with Gasteiger partial charge in [0.25, 0.3) is 0 Å². The van der Waals surface area contributed by atoms with Gasteiger partial charge >= 0.3 is 0 Å². The van der Waals surface area contributed by atoms with Crippen molar-refractivity contribution in [2.24, 2.45) is 0 Å². The number of hydrogen-bond donors (Lipinski definition) is 0. The summed E-state index contributed by atoms with van der Waals surface area (Å²) in [7, 11) is 0. The molecule has 3 aliphatic rings. The molecule has 2 bridgehead atoms. The Morgan fingerprint density at radius 3 is 2.74 bits per heavy atom. The minimum Gasteiger partial charge on any atom is -0.494 e. The lowest BCUT2D eigenvalue weighted by Crippen LogP contribution is -2.51. The second-order valence-corrected chi connectivity index (χ2v) is 8.83. The van der Waals surface area contributed by atoms with Crippen molar-refractivity contribution in [1.29, 1.82) is 0 Å². The summed E-state index contributed by atoms with van der Waals surface area (Å²) in [5.74, 6) is 1.00. The van der Waals surface area contributed by atoms with E-state index in [2.05, 4.69) is 17.0 Å². The maximum atomic E-state index is 13.3. The number of morpholine rings is 1. The lowest BCUT2D eigenvalue weighted by atomic mass is 9.95. The average molecular weight is 430 g/mol. The molecule has 2 saturated heterocycles. The lowest BCUT2D eigenvalue weighted by molar-refractivity contribution is -0.144.